The van der Waals surface area contributed by atoms with Crippen molar-refractivity contribution in [3.8, 4) is 5.75 Å². The fraction of sp³-hybridized carbons (Fsp3) is 0.150. The van der Waals surface area contributed by atoms with Gasteiger partial charge in [0.25, 0.3) is 11.1 Å². The number of hydrogen-bond acceptors (Lipinski definition) is 5. The fourth-order valence-electron chi connectivity index (χ4n) is 2.54. The maximum atomic E-state index is 12.5. The fourth-order valence-corrected chi connectivity index (χ4v) is 3.65. The van der Waals surface area contributed by atoms with Crippen LogP contribution < -0.4 is 10.1 Å². The van der Waals surface area contributed by atoms with Gasteiger partial charge < -0.3 is 10.1 Å². The Labute approximate surface area is 171 Å². The molecule has 6 nitrogen and oxygen atoms in total. The zero-order valence-electron chi connectivity index (χ0n) is 15.2. The smallest absolute Gasteiger partial charge is 0.294 e. The molecular weight excluding hydrogens is 400 g/mol. The van der Waals surface area contributed by atoms with E-state index in [0.717, 1.165) is 22.2 Å². The lowest BCUT2D eigenvalue weighted by Gasteiger charge is -2.12. The van der Waals surface area contributed by atoms with Crippen molar-refractivity contribution in [3.63, 3.8) is 0 Å². The van der Waals surface area contributed by atoms with Gasteiger partial charge >= 0.3 is 0 Å². The summed E-state index contributed by atoms with van der Waals surface area (Å²) in [4.78, 5) is 38.1. The number of methoxy groups -OCH3 is 1. The molecule has 1 heterocycles. The van der Waals surface area contributed by atoms with Crippen LogP contribution in [0.5, 0.6) is 5.75 Å². The number of nitrogens with one attached hydrogen (secondary N) is 1. The van der Waals surface area contributed by atoms with Gasteiger partial charge in [-0.05, 0) is 54.6 Å². The minimum Gasteiger partial charge on any atom is -0.495 e. The Balaban J connectivity index is 1.69. The molecule has 1 fully saturated rings. The van der Waals surface area contributed by atoms with E-state index in [4.69, 9.17) is 16.3 Å². The number of rotatable bonds is 5. The number of halogens is 1. The third kappa shape index (κ3) is 4.55. The average Bonchev–Trinajstić information content (AvgIpc) is 2.91. The summed E-state index contributed by atoms with van der Waals surface area (Å²) in [5.74, 6) is -0.444. The molecule has 0 unspecified atom stereocenters. The predicted octanol–water partition coefficient (Wildman–Crippen LogP) is 4.33. The first kappa shape index (κ1) is 20.0. The first-order valence-corrected chi connectivity index (χ1v) is 9.52. The van der Waals surface area contributed by atoms with Gasteiger partial charge in [0.05, 0.1) is 17.0 Å². The zero-order valence-corrected chi connectivity index (χ0v) is 16.8. The summed E-state index contributed by atoms with van der Waals surface area (Å²) in [6, 6.07) is 12.3. The van der Waals surface area contributed by atoms with Crippen LogP contribution in [0.3, 0.4) is 0 Å². The molecule has 144 valence electrons. The van der Waals surface area contributed by atoms with Crippen LogP contribution in [0.25, 0.3) is 6.08 Å². The Morgan fingerprint density at radius 2 is 1.93 bits per heavy atom. The van der Waals surface area contributed by atoms with Crippen molar-refractivity contribution in [1.29, 1.82) is 0 Å². The molecule has 3 rings (SSSR count). The van der Waals surface area contributed by atoms with Gasteiger partial charge in [0, 0.05) is 5.69 Å². The summed E-state index contributed by atoms with van der Waals surface area (Å²) in [6.07, 6.45) is 1.56. The lowest BCUT2D eigenvalue weighted by atomic mass is 10.2. The summed E-state index contributed by atoms with van der Waals surface area (Å²) < 4.78 is 5.09. The van der Waals surface area contributed by atoms with Gasteiger partial charge in [0.2, 0.25) is 5.91 Å². The van der Waals surface area contributed by atoms with Crippen LogP contribution in [-0.4, -0.2) is 35.6 Å². The molecule has 0 radical (unpaired) electrons. The van der Waals surface area contributed by atoms with Crippen molar-refractivity contribution in [1.82, 2.24) is 4.90 Å². The highest BCUT2D eigenvalue weighted by Crippen LogP contribution is 2.33. The summed E-state index contributed by atoms with van der Waals surface area (Å²) in [5.41, 5.74) is 2.32. The van der Waals surface area contributed by atoms with E-state index in [-0.39, 0.29) is 11.4 Å². The van der Waals surface area contributed by atoms with Gasteiger partial charge in [0.1, 0.15) is 12.3 Å². The molecule has 0 spiro atoms. The van der Waals surface area contributed by atoms with Crippen LogP contribution in [0, 0.1) is 6.92 Å². The molecule has 0 atom stereocenters. The topological polar surface area (TPSA) is 75.7 Å². The highest BCUT2D eigenvalue weighted by Gasteiger charge is 2.36. The van der Waals surface area contributed by atoms with Crippen molar-refractivity contribution in [2.75, 3.05) is 19.0 Å². The van der Waals surface area contributed by atoms with E-state index < -0.39 is 17.1 Å². The number of thioether (sulfide) groups is 1. The maximum absolute atomic E-state index is 12.5. The van der Waals surface area contributed by atoms with E-state index in [1.165, 1.54) is 7.11 Å². The van der Waals surface area contributed by atoms with Crippen LogP contribution >= 0.6 is 23.4 Å². The van der Waals surface area contributed by atoms with E-state index in [1.54, 1.807) is 36.4 Å². The highest BCUT2D eigenvalue weighted by atomic mass is 35.5. The first-order chi connectivity index (χ1) is 13.4. The third-order valence-corrected chi connectivity index (χ3v) is 5.19. The monoisotopic (exact) mass is 416 g/mol. The summed E-state index contributed by atoms with van der Waals surface area (Å²) >= 11 is 6.87. The van der Waals surface area contributed by atoms with Gasteiger partial charge in [-0.3, -0.25) is 19.3 Å². The number of carbonyl (C=O) groups is 3. The van der Waals surface area contributed by atoms with E-state index in [1.807, 2.05) is 19.1 Å². The average molecular weight is 417 g/mol. The second kappa shape index (κ2) is 8.50. The SMILES string of the molecule is COc1ccc(C=C2SC(=O)N(CC(=O)Nc3ccc(C)cc3)C2=O)cc1Cl. The Kier molecular flexibility index (Phi) is 6.06. The van der Waals surface area contributed by atoms with Gasteiger partial charge in [-0.1, -0.05) is 35.4 Å². The summed E-state index contributed by atoms with van der Waals surface area (Å²) in [7, 11) is 1.51. The quantitative estimate of drug-likeness (QED) is 0.734. The number of nitrogens with zero attached hydrogens (tertiary/aromatic N) is 1. The van der Waals surface area contributed by atoms with Crippen molar-refractivity contribution in [2.24, 2.45) is 0 Å². The molecular formula is C20H17ClN2O4S. The van der Waals surface area contributed by atoms with Gasteiger partial charge in [-0.2, -0.15) is 0 Å². The Hall–Kier alpha value is -2.77. The molecule has 2 aromatic carbocycles. The molecule has 0 bridgehead atoms. The van der Waals surface area contributed by atoms with Gasteiger partial charge in [-0.15, -0.1) is 0 Å². The molecule has 0 aliphatic carbocycles. The Bertz CT molecular complexity index is 973. The van der Waals surface area contributed by atoms with E-state index in [9.17, 15) is 14.4 Å². The lowest BCUT2D eigenvalue weighted by molar-refractivity contribution is -0.127. The van der Waals surface area contributed by atoms with Crippen LogP contribution in [0.4, 0.5) is 10.5 Å². The molecule has 8 heteroatoms. The molecule has 3 amide bonds. The number of imide groups is 1. The van der Waals surface area contributed by atoms with Crippen LogP contribution in [0.15, 0.2) is 47.4 Å². The number of amides is 3. The van der Waals surface area contributed by atoms with Gasteiger partial charge in [0.15, 0.2) is 0 Å². The maximum Gasteiger partial charge on any atom is 0.294 e. The third-order valence-electron chi connectivity index (χ3n) is 3.98. The predicted molar refractivity (Wildman–Crippen MR) is 110 cm³/mol. The standard InChI is InChI=1S/C20H17ClN2O4S/c1-12-3-6-14(7-4-12)22-18(24)11-23-19(25)17(28-20(23)26)10-13-5-8-16(27-2)15(21)9-13/h3-10H,11H2,1-2H3,(H,22,24). The molecule has 1 N–H and O–H groups in total. The normalized spacial score (nSPS) is 15.2. The molecule has 0 saturated carbocycles. The largest absolute Gasteiger partial charge is 0.495 e. The first-order valence-electron chi connectivity index (χ1n) is 8.33. The number of benzene rings is 2. The number of hydrogen-bond donors (Lipinski definition) is 1. The van der Waals surface area contributed by atoms with Crippen LogP contribution in [-0.2, 0) is 9.59 Å². The number of ether oxygens (including phenoxy) is 1. The molecule has 28 heavy (non-hydrogen) atoms. The molecule has 2 aromatic rings. The summed E-state index contributed by atoms with van der Waals surface area (Å²) in [6.45, 7) is 1.59. The van der Waals surface area contributed by atoms with Crippen molar-refractivity contribution >= 4 is 52.2 Å². The molecule has 1 aliphatic rings. The molecule has 1 saturated heterocycles. The minimum atomic E-state index is -0.513. The highest BCUT2D eigenvalue weighted by molar-refractivity contribution is 8.18. The van der Waals surface area contributed by atoms with Crippen molar-refractivity contribution < 1.29 is 19.1 Å². The van der Waals surface area contributed by atoms with Gasteiger partial charge in [-0.25, -0.2) is 0 Å². The van der Waals surface area contributed by atoms with Crippen LogP contribution in [0.1, 0.15) is 11.1 Å². The second-order valence-electron chi connectivity index (χ2n) is 6.08. The van der Waals surface area contributed by atoms with Crippen molar-refractivity contribution in [3.05, 3.63) is 63.5 Å². The molecule has 1 aliphatic heterocycles. The van der Waals surface area contributed by atoms with E-state index >= 15 is 0 Å². The molecule has 0 aromatic heterocycles. The zero-order chi connectivity index (χ0) is 20.3. The number of carbonyl (C=O) groups excluding carboxylic acids is 3. The van der Waals surface area contributed by atoms with E-state index in [0.29, 0.717) is 22.0 Å². The van der Waals surface area contributed by atoms with E-state index in [2.05, 4.69) is 5.32 Å². The Morgan fingerprint density at radius 1 is 1.21 bits per heavy atom. The Morgan fingerprint density at radius 3 is 2.57 bits per heavy atom. The lowest BCUT2D eigenvalue weighted by Crippen LogP contribution is -2.36. The minimum absolute atomic E-state index is 0.231. The van der Waals surface area contributed by atoms with Crippen LogP contribution in [0.2, 0.25) is 5.02 Å². The number of aryl methyl sites for hydroxylation is 1. The second-order valence-corrected chi connectivity index (χ2v) is 7.48. The van der Waals surface area contributed by atoms with Crippen molar-refractivity contribution in [2.45, 2.75) is 6.92 Å². The summed E-state index contributed by atoms with van der Waals surface area (Å²) in [5, 5.41) is 2.58. The number of anilines is 1.